The molecule has 1 atom stereocenters. The molecule has 1 aliphatic rings. The molecule has 0 aliphatic heterocycles. The molecule has 0 radical (unpaired) electrons. The van der Waals surface area contributed by atoms with Gasteiger partial charge < -0.3 is 0 Å². The van der Waals surface area contributed by atoms with Gasteiger partial charge in [-0.25, -0.2) is 9.97 Å². The Morgan fingerprint density at radius 3 is 2.94 bits per heavy atom. The van der Waals surface area contributed by atoms with Crippen LogP contribution in [0.15, 0.2) is 6.33 Å². The first-order valence-corrected chi connectivity index (χ1v) is 7.18. The van der Waals surface area contributed by atoms with E-state index in [1.807, 2.05) is 0 Å². The third-order valence-corrected chi connectivity index (χ3v) is 4.01. The zero-order valence-corrected chi connectivity index (χ0v) is 11.5. The molecule has 3 heteroatoms. The summed E-state index contributed by atoms with van der Waals surface area (Å²) in [5, 5.41) is 0. The molecule has 0 N–H and O–H groups in total. The minimum atomic E-state index is 0.568. The Bertz CT molecular complexity index is 352. The van der Waals surface area contributed by atoms with Gasteiger partial charge in [-0.1, -0.05) is 29.3 Å². The van der Waals surface area contributed by atoms with Crippen LogP contribution in [0.3, 0.4) is 0 Å². The van der Waals surface area contributed by atoms with Gasteiger partial charge >= 0.3 is 0 Å². The van der Waals surface area contributed by atoms with Crippen LogP contribution in [0, 0.1) is 0 Å². The third kappa shape index (κ3) is 2.82. The summed E-state index contributed by atoms with van der Waals surface area (Å²) in [4.78, 5) is 9.45. The van der Waals surface area contributed by atoms with E-state index in [1.165, 1.54) is 49.1 Å². The quantitative estimate of drug-likeness (QED) is 0.791. The predicted molar refractivity (Wildman–Crippen MR) is 70.0 cm³/mol. The van der Waals surface area contributed by atoms with Crippen LogP contribution in [-0.2, 0) is 19.3 Å². The van der Waals surface area contributed by atoms with Crippen LogP contribution in [0.25, 0.3) is 0 Å². The van der Waals surface area contributed by atoms with E-state index in [4.69, 9.17) is 0 Å². The summed E-state index contributed by atoms with van der Waals surface area (Å²) < 4.78 is 0. The summed E-state index contributed by atoms with van der Waals surface area (Å²) in [5.74, 6) is 0. The molecule has 0 spiro atoms. The van der Waals surface area contributed by atoms with E-state index in [1.54, 1.807) is 6.33 Å². The molecule has 0 saturated heterocycles. The Hall–Kier alpha value is -0.440. The van der Waals surface area contributed by atoms with E-state index in [-0.39, 0.29) is 0 Å². The molecule has 0 saturated carbocycles. The minimum absolute atomic E-state index is 0.568. The maximum Gasteiger partial charge on any atom is 0.115 e. The minimum Gasteiger partial charge on any atom is -0.241 e. The second-order valence-corrected chi connectivity index (χ2v) is 5.84. The van der Waals surface area contributed by atoms with Crippen molar-refractivity contribution in [2.75, 3.05) is 0 Å². The van der Waals surface area contributed by atoms with E-state index < -0.39 is 0 Å². The molecule has 1 aromatic rings. The number of hydrogen-bond acceptors (Lipinski definition) is 2. The molecule has 1 heterocycles. The maximum absolute atomic E-state index is 4.47. The number of rotatable bonds is 4. The van der Waals surface area contributed by atoms with Crippen LogP contribution in [0.2, 0.25) is 0 Å². The fourth-order valence-corrected chi connectivity index (χ4v) is 3.15. The number of aryl methyl sites for hydroxylation is 1. The van der Waals surface area contributed by atoms with E-state index >= 15 is 0 Å². The lowest BCUT2D eigenvalue weighted by Gasteiger charge is -2.18. The van der Waals surface area contributed by atoms with Crippen molar-refractivity contribution in [3.8, 4) is 0 Å². The molecular weight excluding hydrogens is 264 g/mol. The lowest BCUT2D eigenvalue weighted by molar-refractivity contribution is 0.642. The van der Waals surface area contributed by atoms with Crippen molar-refractivity contribution >= 4 is 15.9 Å². The first-order valence-electron chi connectivity index (χ1n) is 6.27. The highest BCUT2D eigenvalue weighted by atomic mass is 79.9. The fraction of sp³-hybridized carbons (Fsp3) is 0.692. The number of fused-ring (bicyclic) bond motifs is 1. The highest BCUT2D eigenvalue weighted by Crippen LogP contribution is 2.24. The first kappa shape index (κ1) is 12.0. The van der Waals surface area contributed by atoms with E-state index in [0.717, 1.165) is 12.8 Å². The summed E-state index contributed by atoms with van der Waals surface area (Å²) in [7, 11) is 0. The number of hydrogen-bond donors (Lipinski definition) is 0. The van der Waals surface area contributed by atoms with Crippen LogP contribution in [-0.4, -0.2) is 14.8 Å². The molecule has 88 valence electrons. The molecule has 0 fully saturated rings. The molecule has 2 rings (SSSR count). The predicted octanol–water partition coefficient (Wildman–Crippen LogP) is 3.46. The fourth-order valence-electron chi connectivity index (χ4n) is 2.39. The van der Waals surface area contributed by atoms with Gasteiger partial charge in [0.05, 0.1) is 0 Å². The summed E-state index contributed by atoms with van der Waals surface area (Å²) in [6.45, 7) is 2.23. The van der Waals surface area contributed by atoms with Gasteiger partial charge in [0.2, 0.25) is 0 Å². The van der Waals surface area contributed by atoms with E-state index in [2.05, 4.69) is 32.8 Å². The second kappa shape index (κ2) is 5.76. The van der Waals surface area contributed by atoms with Gasteiger partial charge in [0.25, 0.3) is 0 Å². The van der Waals surface area contributed by atoms with Crippen LogP contribution in [0.5, 0.6) is 0 Å². The molecule has 0 aromatic carbocycles. The summed E-state index contributed by atoms with van der Waals surface area (Å²) in [6.07, 6.45) is 10.2. The molecule has 0 amide bonds. The van der Waals surface area contributed by atoms with Crippen LogP contribution < -0.4 is 0 Å². The Morgan fingerprint density at radius 2 is 2.12 bits per heavy atom. The SMILES string of the molecule is CCCC(Br)Cc1ncnc2c1CCCC2. The topological polar surface area (TPSA) is 25.8 Å². The second-order valence-electron chi connectivity index (χ2n) is 4.54. The Kier molecular flexibility index (Phi) is 4.33. The lowest BCUT2D eigenvalue weighted by atomic mass is 9.93. The average Bonchev–Trinajstić information content (AvgIpc) is 2.30. The smallest absolute Gasteiger partial charge is 0.115 e. The first-order chi connectivity index (χ1) is 7.81. The normalized spacial score (nSPS) is 16.9. The van der Waals surface area contributed by atoms with Gasteiger partial charge in [-0.2, -0.15) is 0 Å². The number of nitrogens with zero attached hydrogens (tertiary/aromatic N) is 2. The standard InChI is InChI=1S/C13H19BrN2/c1-2-5-10(14)8-13-11-6-3-4-7-12(11)15-9-16-13/h9-10H,2-8H2,1H3. The van der Waals surface area contributed by atoms with Crippen molar-refractivity contribution in [2.24, 2.45) is 0 Å². The van der Waals surface area contributed by atoms with Crippen molar-refractivity contribution in [3.63, 3.8) is 0 Å². The van der Waals surface area contributed by atoms with Crippen LogP contribution in [0.1, 0.15) is 49.6 Å². The van der Waals surface area contributed by atoms with Crippen molar-refractivity contribution in [2.45, 2.75) is 56.7 Å². The van der Waals surface area contributed by atoms with Crippen LogP contribution >= 0.6 is 15.9 Å². The van der Waals surface area contributed by atoms with Crippen molar-refractivity contribution in [1.29, 1.82) is 0 Å². The molecule has 1 aromatic heterocycles. The highest BCUT2D eigenvalue weighted by molar-refractivity contribution is 9.09. The zero-order valence-electron chi connectivity index (χ0n) is 9.88. The van der Waals surface area contributed by atoms with E-state index in [0.29, 0.717) is 4.83 Å². The Labute approximate surface area is 106 Å². The number of halogens is 1. The van der Waals surface area contributed by atoms with Crippen LogP contribution in [0.4, 0.5) is 0 Å². The highest BCUT2D eigenvalue weighted by Gasteiger charge is 2.16. The van der Waals surface area contributed by atoms with Gasteiger partial charge in [-0.05, 0) is 37.7 Å². The van der Waals surface area contributed by atoms with Gasteiger partial charge in [0.1, 0.15) is 6.33 Å². The van der Waals surface area contributed by atoms with Gasteiger partial charge in [0, 0.05) is 22.6 Å². The van der Waals surface area contributed by atoms with Gasteiger partial charge in [-0.3, -0.25) is 0 Å². The molecule has 0 bridgehead atoms. The van der Waals surface area contributed by atoms with Crippen molar-refractivity contribution in [3.05, 3.63) is 23.3 Å². The molecule has 1 unspecified atom stereocenters. The molecule has 2 nitrogen and oxygen atoms in total. The summed E-state index contributed by atoms with van der Waals surface area (Å²) in [5.41, 5.74) is 4.02. The molecular formula is C13H19BrN2. The Morgan fingerprint density at radius 1 is 1.31 bits per heavy atom. The molecule has 16 heavy (non-hydrogen) atoms. The van der Waals surface area contributed by atoms with Crippen molar-refractivity contribution < 1.29 is 0 Å². The number of alkyl halides is 1. The molecule has 1 aliphatic carbocycles. The maximum atomic E-state index is 4.47. The monoisotopic (exact) mass is 282 g/mol. The largest absolute Gasteiger partial charge is 0.241 e. The van der Waals surface area contributed by atoms with Crippen molar-refractivity contribution in [1.82, 2.24) is 9.97 Å². The number of aromatic nitrogens is 2. The average molecular weight is 283 g/mol. The third-order valence-electron chi connectivity index (χ3n) is 3.23. The summed E-state index contributed by atoms with van der Waals surface area (Å²) >= 11 is 3.74. The van der Waals surface area contributed by atoms with Gasteiger partial charge in [-0.15, -0.1) is 0 Å². The zero-order chi connectivity index (χ0) is 11.4. The lowest BCUT2D eigenvalue weighted by Crippen LogP contribution is -2.13. The summed E-state index contributed by atoms with van der Waals surface area (Å²) in [6, 6.07) is 0. The Balaban J connectivity index is 2.14. The van der Waals surface area contributed by atoms with E-state index in [9.17, 15) is 0 Å². The van der Waals surface area contributed by atoms with Gasteiger partial charge in [0.15, 0.2) is 0 Å².